The van der Waals surface area contributed by atoms with E-state index in [0.29, 0.717) is 22.0 Å². The minimum absolute atomic E-state index is 0.199. The van der Waals surface area contributed by atoms with Gasteiger partial charge in [-0.25, -0.2) is 4.39 Å². The molecule has 152 valence electrons. The molecule has 3 rings (SSSR count). The summed E-state index contributed by atoms with van der Waals surface area (Å²) in [6.07, 6.45) is -6.23. The maximum atomic E-state index is 13.9. The Bertz CT molecular complexity index is 1080. The number of hydrogen-bond acceptors (Lipinski definition) is 2. The summed E-state index contributed by atoms with van der Waals surface area (Å²) in [5.41, 5.74) is -2.62. The predicted molar refractivity (Wildman–Crippen MR) is 102 cm³/mol. The monoisotopic (exact) mass is 404 g/mol. The van der Waals surface area contributed by atoms with Crippen molar-refractivity contribution >= 4 is 10.9 Å². The van der Waals surface area contributed by atoms with Crippen molar-refractivity contribution in [3.8, 4) is 6.07 Å². The van der Waals surface area contributed by atoms with Gasteiger partial charge in [0.25, 0.3) is 0 Å². The number of halogens is 4. The first-order valence-electron chi connectivity index (χ1n) is 9.00. The van der Waals surface area contributed by atoms with Gasteiger partial charge in [-0.3, -0.25) is 0 Å². The molecule has 0 saturated carbocycles. The molecule has 1 unspecified atom stereocenters. The number of aromatic nitrogens is 1. The number of H-pyrrole nitrogens is 1. The van der Waals surface area contributed by atoms with E-state index < -0.39 is 35.9 Å². The van der Waals surface area contributed by atoms with E-state index >= 15 is 0 Å². The number of rotatable bonds is 5. The maximum absolute atomic E-state index is 13.9. The molecular weight excluding hydrogens is 384 g/mol. The van der Waals surface area contributed by atoms with Crippen LogP contribution in [0, 0.1) is 17.1 Å². The van der Waals surface area contributed by atoms with E-state index in [1.54, 1.807) is 38.1 Å². The number of nitrogens with one attached hydrogen (secondary N) is 1. The van der Waals surface area contributed by atoms with E-state index in [0.717, 1.165) is 0 Å². The lowest BCUT2D eigenvalue weighted by molar-refractivity contribution is -0.266. The van der Waals surface area contributed by atoms with Crippen molar-refractivity contribution in [3.05, 3.63) is 71.2 Å². The molecule has 3 aromatic rings. The minimum atomic E-state index is -4.90. The molecule has 0 aliphatic heterocycles. The number of nitrogens with zero attached hydrogens (tertiary/aromatic N) is 1. The lowest BCUT2D eigenvalue weighted by Crippen LogP contribution is -2.50. The molecule has 0 fully saturated rings. The highest BCUT2D eigenvalue weighted by Gasteiger charge is 2.56. The van der Waals surface area contributed by atoms with Gasteiger partial charge in [-0.2, -0.15) is 18.4 Å². The zero-order valence-corrected chi connectivity index (χ0v) is 15.9. The maximum Gasteiger partial charge on any atom is 0.417 e. The number of nitriles is 1. The molecule has 1 atom stereocenters. The van der Waals surface area contributed by atoms with Crippen molar-refractivity contribution in [2.24, 2.45) is 0 Å². The molecule has 0 aliphatic carbocycles. The minimum Gasteiger partial charge on any atom is -0.380 e. The van der Waals surface area contributed by atoms with Crippen LogP contribution in [0.5, 0.6) is 0 Å². The molecule has 0 bridgehead atoms. The Labute approximate surface area is 165 Å². The first kappa shape index (κ1) is 20.9. The average Bonchev–Trinajstić information content (AvgIpc) is 3.01. The van der Waals surface area contributed by atoms with Gasteiger partial charge in [0.2, 0.25) is 0 Å². The molecule has 7 heteroatoms. The standard InChI is InChI=1S/C22H20F4N2O/c1-20(2,16-4-3-5-17(23)10-16)13-21(29,22(24,25)26)11-18-9-15-8-14(12-27)6-7-19(15)28-18/h3-10,28-29H,11,13H2,1-2H3. The number of aliphatic hydroxyl groups is 1. The zero-order chi connectivity index (χ0) is 21.4. The quantitative estimate of drug-likeness (QED) is 0.561. The smallest absolute Gasteiger partial charge is 0.380 e. The van der Waals surface area contributed by atoms with Crippen LogP contribution in [0.15, 0.2) is 48.5 Å². The molecular formula is C22H20F4N2O. The Balaban J connectivity index is 1.96. The lowest BCUT2D eigenvalue weighted by Gasteiger charge is -2.38. The summed E-state index contributed by atoms with van der Waals surface area (Å²) in [6, 6.07) is 13.6. The van der Waals surface area contributed by atoms with Crippen LogP contribution in [0.4, 0.5) is 17.6 Å². The van der Waals surface area contributed by atoms with E-state index in [9.17, 15) is 22.7 Å². The highest BCUT2D eigenvalue weighted by Crippen LogP contribution is 2.43. The molecule has 0 spiro atoms. The SMILES string of the molecule is CC(C)(CC(O)(Cc1cc2cc(C#N)ccc2[nH]1)C(F)(F)F)c1cccc(F)c1. The van der Waals surface area contributed by atoms with E-state index in [-0.39, 0.29) is 5.69 Å². The Morgan fingerprint density at radius 2 is 1.79 bits per heavy atom. The zero-order valence-electron chi connectivity index (χ0n) is 15.9. The van der Waals surface area contributed by atoms with E-state index in [2.05, 4.69) is 4.98 Å². The fourth-order valence-electron chi connectivity index (χ4n) is 3.68. The van der Waals surface area contributed by atoms with E-state index in [1.165, 1.54) is 24.3 Å². The summed E-state index contributed by atoms with van der Waals surface area (Å²) in [5.74, 6) is -0.546. The summed E-state index contributed by atoms with van der Waals surface area (Å²) in [4.78, 5) is 2.88. The molecule has 1 heterocycles. The van der Waals surface area contributed by atoms with Crippen molar-refractivity contribution in [2.45, 2.75) is 43.9 Å². The second-order valence-corrected chi connectivity index (χ2v) is 7.99. The van der Waals surface area contributed by atoms with Crippen LogP contribution in [0.2, 0.25) is 0 Å². The van der Waals surface area contributed by atoms with Crippen LogP contribution in [0.25, 0.3) is 10.9 Å². The van der Waals surface area contributed by atoms with Crippen molar-refractivity contribution in [2.75, 3.05) is 0 Å². The summed E-state index contributed by atoms with van der Waals surface area (Å²) in [5, 5.41) is 20.3. The second kappa shape index (κ2) is 7.20. The molecule has 2 N–H and O–H groups in total. The van der Waals surface area contributed by atoms with Crippen molar-refractivity contribution < 1.29 is 22.7 Å². The Morgan fingerprint density at radius 1 is 1.07 bits per heavy atom. The largest absolute Gasteiger partial charge is 0.417 e. The first-order chi connectivity index (χ1) is 13.4. The fourth-order valence-corrected chi connectivity index (χ4v) is 3.68. The third kappa shape index (κ3) is 4.28. The van der Waals surface area contributed by atoms with Gasteiger partial charge in [-0.1, -0.05) is 26.0 Å². The molecule has 1 aromatic heterocycles. The third-order valence-corrected chi connectivity index (χ3v) is 5.16. The molecule has 0 radical (unpaired) electrons. The van der Waals surface area contributed by atoms with Crippen LogP contribution in [0.1, 0.15) is 37.1 Å². The number of aromatic amines is 1. The Morgan fingerprint density at radius 3 is 2.41 bits per heavy atom. The van der Waals surface area contributed by atoms with E-state index in [1.807, 2.05) is 6.07 Å². The van der Waals surface area contributed by atoms with Gasteiger partial charge < -0.3 is 10.1 Å². The molecule has 29 heavy (non-hydrogen) atoms. The summed E-state index contributed by atoms with van der Waals surface area (Å²) in [7, 11) is 0. The normalized spacial score (nSPS) is 14.6. The summed E-state index contributed by atoms with van der Waals surface area (Å²) >= 11 is 0. The summed E-state index contributed by atoms with van der Waals surface area (Å²) in [6.45, 7) is 3.09. The Hall–Kier alpha value is -2.85. The molecule has 0 saturated heterocycles. The topological polar surface area (TPSA) is 59.8 Å². The fraction of sp³-hybridized carbons (Fsp3) is 0.318. The van der Waals surface area contributed by atoms with Crippen molar-refractivity contribution in [3.63, 3.8) is 0 Å². The molecule has 3 nitrogen and oxygen atoms in total. The summed E-state index contributed by atoms with van der Waals surface area (Å²) < 4.78 is 55.3. The van der Waals surface area contributed by atoms with Crippen LogP contribution < -0.4 is 0 Å². The Kier molecular flexibility index (Phi) is 5.18. The van der Waals surface area contributed by atoms with Gasteiger partial charge in [0.15, 0.2) is 5.60 Å². The van der Waals surface area contributed by atoms with Crippen LogP contribution in [0.3, 0.4) is 0 Å². The lowest BCUT2D eigenvalue weighted by atomic mass is 9.73. The van der Waals surface area contributed by atoms with Crippen LogP contribution in [-0.2, 0) is 11.8 Å². The number of hydrogen-bond donors (Lipinski definition) is 2. The molecule has 2 aromatic carbocycles. The van der Waals surface area contributed by atoms with Gasteiger partial charge in [-0.15, -0.1) is 0 Å². The third-order valence-electron chi connectivity index (χ3n) is 5.16. The van der Waals surface area contributed by atoms with Gasteiger partial charge in [0.05, 0.1) is 11.6 Å². The number of fused-ring (bicyclic) bond motifs is 1. The van der Waals surface area contributed by atoms with Crippen LogP contribution >= 0.6 is 0 Å². The van der Waals surface area contributed by atoms with Crippen molar-refractivity contribution in [1.29, 1.82) is 5.26 Å². The predicted octanol–water partition coefficient (Wildman–Crippen LogP) is 5.38. The van der Waals surface area contributed by atoms with Gasteiger partial charge >= 0.3 is 6.18 Å². The number of benzene rings is 2. The average molecular weight is 404 g/mol. The highest BCUT2D eigenvalue weighted by molar-refractivity contribution is 5.81. The molecule has 0 aliphatic rings. The number of alkyl halides is 3. The van der Waals surface area contributed by atoms with Gasteiger partial charge in [0, 0.05) is 23.0 Å². The highest BCUT2D eigenvalue weighted by atomic mass is 19.4. The second-order valence-electron chi connectivity index (χ2n) is 7.99. The van der Waals surface area contributed by atoms with Gasteiger partial charge in [-0.05, 0) is 53.8 Å². The van der Waals surface area contributed by atoms with E-state index in [4.69, 9.17) is 5.26 Å². The van der Waals surface area contributed by atoms with Crippen molar-refractivity contribution in [1.82, 2.24) is 4.98 Å². The van der Waals surface area contributed by atoms with Crippen LogP contribution in [-0.4, -0.2) is 21.9 Å². The first-order valence-corrected chi connectivity index (χ1v) is 9.00. The van der Waals surface area contributed by atoms with Gasteiger partial charge in [0.1, 0.15) is 5.82 Å². The molecule has 0 amide bonds.